The summed E-state index contributed by atoms with van der Waals surface area (Å²) in [6.45, 7) is 0.701. The fraction of sp³-hybridized carbons (Fsp3) is 0.312. The zero-order valence-electron chi connectivity index (χ0n) is 12.5. The number of guanidine groups is 1. The van der Waals surface area contributed by atoms with Gasteiger partial charge in [0.15, 0.2) is 5.96 Å². The van der Waals surface area contributed by atoms with E-state index in [0.29, 0.717) is 6.54 Å². The van der Waals surface area contributed by atoms with Gasteiger partial charge in [-0.15, -0.1) is 24.0 Å². The number of aliphatic imine (C=N–C) groups is 1. The van der Waals surface area contributed by atoms with Crippen molar-refractivity contribution in [3.63, 3.8) is 0 Å². The quantitative estimate of drug-likeness (QED) is 0.450. The Kier molecular flexibility index (Phi) is 6.26. The van der Waals surface area contributed by atoms with E-state index < -0.39 is 0 Å². The second-order valence-corrected chi connectivity index (χ2v) is 5.04. The Morgan fingerprint density at radius 1 is 0.900 bits per heavy atom. The molecule has 2 aromatic carbocycles. The van der Waals surface area contributed by atoms with Crippen LogP contribution in [0.3, 0.4) is 0 Å². The highest BCUT2D eigenvalue weighted by Gasteiger charge is 2.05. The maximum Gasteiger partial charge on any atom is 0.195 e. The molecule has 0 aliphatic rings. The van der Waals surface area contributed by atoms with Crippen molar-refractivity contribution >= 4 is 40.7 Å². The van der Waals surface area contributed by atoms with Gasteiger partial charge in [0.05, 0.1) is 6.54 Å². The monoisotopic (exact) mass is 383 g/mol. The fourth-order valence-corrected chi connectivity index (χ4v) is 2.27. The van der Waals surface area contributed by atoms with Crippen molar-refractivity contribution in [2.24, 2.45) is 4.99 Å². The van der Waals surface area contributed by atoms with E-state index in [0.717, 1.165) is 5.96 Å². The van der Waals surface area contributed by atoms with Crippen LogP contribution in [0.15, 0.2) is 47.5 Å². The average Bonchev–Trinajstić information content (AvgIpc) is 2.38. The largest absolute Gasteiger partial charge is 0.349 e. The van der Waals surface area contributed by atoms with E-state index in [1.165, 1.54) is 16.3 Å². The van der Waals surface area contributed by atoms with Crippen molar-refractivity contribution in [2.75, 3.05) is 28.2 Å². The molecule has 0 atom stereocenters. The molecule has 0 spiro atoms. The maximum atomic E-state index is 4.71. The number of rotatable bonds is 2. The number of hydrogen-bond donors (Lipinski definition) is 0. The highest BCUT2D eigenvalue weighted by Crippen LogP contribution is 2.19. The Morgan fingerprint density at radius 2 is 1.50 bits per heavy atom. The lowest BCUT2D eigenvalue weighted by atomic mass is 10.1. The molecule has 2 rings (SSSR count). The molecule has 3 nitrogen and oxygen atoms in total. The first-order chi connectivity index (χ1) is 9.09. The Balaban J connectivity index is 0.00000200. The molecule has 0 saturated heterocycles. The molecular formula is C16H22IN3. The first-order valence-electron chi connectivity index (χ1n) is 6.45. The molecule has 0 unspecified atom stereocenters. The summed E-state index contributed by atoms with van der Waals surface area (Å²) in [4.78, 5) is 8.78. The maximum absolute atomic E-state index is 4.71. The van der Waals surface area contributed by atoms with Gasteiger partial charge in [-0.25, -0.2) is 4.99 Å². The number of hydrogen-bond acceptors (Lipinski definition) is 1. The first kappa shape index (κ1) is 16.8. The Hall–Kier alpha value is -1.30. The van der Waals surface area contributed by atoms with E-state index in [1.54, 1.807) is 0 Å². The third-order valence-corrected chi connectivity index (χ3v) is 3.07. The van der Waals surface area contributed by atoms with Crippen LogP contribution in [0.25, 0.3) is 10.8 Å². The van der Waals surface area contributed by atoms with E-state index in [-0.39, 0.29) is 24.0 Å². The van der Waals surface area contributed by atoms with Gasteiger partial charge in [-0.3, -0.25) is 0 Å². The summed E-state index contributed by atoms with van der Waals surface area (Å²) < 4.78 is 0. The lowest BCUT2D eigenvalue weighted by Crippen LogP contribution is -2.35. The molecule has 20 heavy (non-hydrogen) atoms. The van der Waals surface area contributed by atoms with Crippen molar-refractivity contribution in [3.05, 3.63) is 48.0 Å². The topological polar surface area (TPSA) is 18.8 Å². The van der Waals surface area contributed by atoms with Crippen molar-refractivity contribution in [1.82, 2.24) is 9.80 Å². The van der Waals surface area contributed by atoms with Crippen LogP contribution in [0.5, 0.6) is 0 Å². The minimum absolute atomic E-state index is 0. The average molecular weight is 383 g/mol. The molecule has 108 valence electrons. The zero-order valence-corrected chi connectivity index (χ0v) is 14.8. The predicted molar refractivity (Wildman–Crippen MR) is 97.9 cm³/mol. The van der Waals surface area contributed by atoms with Crippen LogP contribution >= 0.6 is 24.0 Å². The highest BCUT2D eigenvalue weighted by molar-refractivity contribution is 14.0. The fourth-order valence-electron chi connectivity index (χ4n) is 2.27. The predicted octanol–water partition coefficient (Wildman–Crippen LogP) is 3.44. The van der Waals surface area contributed by atoms with Crippen molar-refractivity contribution in [2.45, 2.75) is 6.54 Å². The molecule has 0 fully saturated rings. The molecule has 0 aromatic heterocycles. The van der Waals surface area contributed by atoms with E-state index in [1.807, 2.05) is 38.0 Å². The first-order valence-corrected chi connectivity index (χ1v) is 6.45. The summed E-state index contributed by atoms with van der Waals surface area (Å²) in [6, 6.07) is 14.8. The number of benzene rings is 2. The second kappa shape index (κ2) is 7.47. The molecule has 0 N–H and O–H groups in total. The Bertz CT molecular complexity index is 576. The SMILES string of the molecule is CN(C)C(=NCc1cccc2ccccc12)N(C)C.I. The van der Waals surface area contributed by atoms with Gasteiger partial charge in [0.25, 0.3) is 0 Å². The summed E-state index contributed by atoms with van der Waals surface area (Å²) in [5, 5.41) is 2.55. The van der Waals surface area contributed by atoms with E-state index in [4.69, 9.17) is 4.99 Å². The number of nitrogens with zero attached hydrogens (tertiary/aromatic N) is 3. The minimum Gasteiger partial charge on any atom is -0.349 e. The van der Waals surface area contributed by atoms with E-state index in [9.17, 15) is 0 Å². The third kappa shape index (κ3) is 3.85. The van der Waals surface area contributed by atoms with Gasteiger partial charge >= 0.3 is 0 Å². The molecule has 0 heterocycles. The minimum atomic E-state index is 0. The smallest absolute Gasteiger partial charge is 0.195 e. The Morgan fingerprint density at radius 3 is 2.15 bits per heavy atom. The lowest BCUT2D eigenvalue weighted by Gasteiger charge is -2.22. The van der Waals surface area contributed by atoms with Gasteiger partial charge in [0, 0.05) is 28.2 Å². The van der Waals surface area contributed by atoms with Gasteiger partial charge in [-0.2, -0.15) is 0 Å². The van der Waals surface area contributed by atoms with Gasteiger partial charge in [-0.05, 0) is 16.3 Å². The molecule has 0 bridgehead atoms. The molecule has 0 aliphatic carbocycles. The summed E-state index contributed by atoms with van der Waals surface area (Å²) >= 11 is 0. The summed E-state index contributed by atoms with van der Waals surface area (Å²) in [6.07, 6.45) is 0. The van der Waals surface area contributed by atoms with Crippen LogP contribution in [0.4, 0.5) is 0 Å². The van der Waals surface area contributed by atoms with Crippen molar-refractivity contribution < 1.29 is 0 Å². The van der Waals surface area contributed by atoms with Crippen LogP contribution in [0, 0.1) is 0 Å². The van der Waals surface area contributed by atoms with Gasteiger partial charge in [-0.1, -0.05) is 42.5 Å². The van der Waals surface area contributed by atoms with Gasteiger partial charge in [0.1, 0.15) is 0 Å². The summed E-state index contributed by atoms with van der Waals surface area (Å²) in [5.41, 5.74) is 1.26. The summed E-state index contributed by atoms with van der Waals surface area (Å²) in [5.74, 6) is 0.980. The molecule has 0 radical (unpaired) electrons. The normalized spacial score (nSPS) is 9.80. The van der Waals surface area contributed by atoms with E-state index in [2.05, 4.69) is 42.5 Å². The van der Waals surface area contributed by atoms with Crippen LogP contribution in [-0.4, -0.2) is 44.0 Å². The van der Waals surface area contributed by atoms with Gasteiger partial charge in [0.2, 0.25) is 0 Å². The zero-order chi connectivity index (χ0) is 13.8. The number of halogens is 1. The molecule has 4 heteroatoms. The Labute approximate surface area is 138 Å². The van der Waals surface area contributed by atoms with Crippen molar-refractivity contribution in [3.8, 4) is 0 Å². The van der Waals surface area contributed by atoms with Crippen LogP contribution in [0.1, 0.15) is 5.56 Å². The number of fused-ring (bicyclic) bond motifs is 1. The highest BCUT2D eigenvalue weighted by atomic mass is 127. The van der Waals surface area contributed by atoms with Crippen molar-refractivity contribution in [1.29, 1.82) is 0 Å². The van der Waals surface area contributed by atoms with Gasteiger partial charge < -0.3 is 9.80 Å². The molecule has 0 saturated carbocycles. The van der Waals surface area contributed by atoms with Crippen LogP contribution in [-0.2, 0) is 6.54 Å². The lowest BCUT2D eigenvalue weighted by molar-refractivity contribution is 0.479. The standard InChI is InChI=1S/C16H21N3.HI/c1-18(2)16(19(3)4)17-12-14-10-7-9-13-8-5-6-11-15(13)14;/h5-11H,12H2,1-4H3;1H. The molecule has 0 amide bonds. The second-order valence-electron chi connectivity index (χ2n) is 5.04. The third-order valence-electron chi connectivity index (χ3n) is 3.07. The van der Waals surface area contributed by atoms with E-state index >= 15 is 0 Å². The molecular weight excluding hydrogens is 361 g/mol. The van der Waals surface area contributed by atoms with Crippen LogP contribution in [0.2, 0.25) is 0 Å². The van der Waals surface area contributed by atoms with Crippen LogP contribution < -0.4 is 0 Å². The molecule has 0 aliphatic heterocycles. The summed E-state index contributed by atoms with van der Waals surface area (Å²) in [7, 11) is 8.06. The molecule has 2 aromatic rings.